The van der Waals surface area contributed by atoms with Crippen molar-refractivity contribution in [2.45, 2.75) is 6.18 Å². The van der Waals surface area contributed by atoms with Gasteiger partial charge in [0.15, 0.2) is 0 Å². The number of carbonyl (C=O) groups excluding carboxylic acids is 1. The van der Waals surface area contributed by atoms with Crippen molar-refractivity contribution in [2.24, 2.45) is 0 Å². The number of nitrogens with zero attached hydrogens (tertiary/aromatic N) is 4. The largest absolute Gasteiger partial charge is 0.450 e. The van der Waals surface area contributed by atoms with Crippen LogP contribution in [0.4, 0.5) is 24.5 Å². The summed E-state index contributed by atoms with van der Waals surface area (Å²) in [5, 5.41) is 20.9. The van der Waals surface area contributed by atoms with E-state index in [2.05, 4.69) is 4.90 Å². The number of anilines is 1. The minimum atomic E-state index is -4.73. The van der Waals surface area contributed by atoms with E-state index >= 15 is 0 Å². The van der Waals surface area contributed by atoms with Crippen LogP contribution in [0.3, 0.4) is 0 Å². The van der Waals surface area contributed by atoms with Gasteiger partial charge in [-0.05, 0) is 48.0 Å². The SMILES string of the molecule is N#C/C(=C/c1ccc(Oc2ccc(C(F)(F)F)cc2[N+](=O)[O-])cc1)C(=O)N1CCN(c2ccccc2)CC1. The molecule has 1 heterocycles. The third-order valence-electron chi connectivity index (χ3n) is 5.94. The molecule has 0 spiro atoms. The van der Waals surface area contributed by atoms with Crippen LogP contribution in [0.15, 0.2) is 78.4 Å². The molecule has 0 unspecified atom stereocenters. The average molecular weight is 522 g/mol. The van der Waals surface area contributed by atoms with Crippen LogP contribution in [0, 0.1) is 21.4 Å². The van der Waals surface area contributed by atoms with Crippen LogP contribution < -0.4 is 9.64 Å². The Balaban J connectivity index is 1.43. The normalized spacial score (nSPS) is 14.1. The smallest absolute Gasteiger partial charge is 0.416 e. The maximum Gasteiger partial charge on any atom is 0.416 e. The summed E-state index contributed by atoms with van der Waals surface area (Å²) in [5.74, 6) is -0.610. The van der Waals surface area contributed by atoms with E-state index in [4.69, 9.17) is 4.74 Å². The van der Waals surface area contributed by atoms with Gasteiger partial charge < -0.3 is 14.5 Å². The molecule has 0 radical (unpaired) electrons. The van der Waals surface area contributed by atoms with Crippen molar-refractivity contribution < 1.29 is 27.6 Å². The predicted molar refractivity (Wildman–Crippen MR) is 133 cm³/mol. The standard InChI is InChI=1S/C27H21F3N4O4/c28-27(29,30)21-8-11-25(24(17-21)34(36)37)38-23-9-6-19(7-10-23)16-20(18-31)26(35)33-14-12-32(13-15-33)22-4-2-1-3-5-22/h1-11,16-17H,12-15H2/b20-16-. The molecule has 1 fully saturated rings. The zero-order chi connectivity index (χ0) is 27.3. The Hall–Kier alpha value is -4.85. The highest BCUT2D eigenvalue weighted by molar-refractivity contribution is 6.01. The van der Waals surface area contributed by atoms with Crippen LogP contribution in [0.5, 0.6) is 11.5 Å². The van der Waals surface area contributed by atoms with E-state index in [1.54, 1.807) is 4.90 Å². The maximum absolute atomic E-state index is 12.9. The van der Waals surface area contributed by atoms with Gasteiger partial charge in [0.2, 0.25) is 5.75 Å². The van der Waals surface area contributed by atoms with Crippen molar-refractivity contribution in [2.75, 3.05) is 31.1 Å². The molecule has 4 rings (SSSR count). The van der Waals surface area contributed by atoms with Gasteiger partial charge in [-0.15, -0.1) is 0 Å². The number of halogens is 3. The van der Waals surface area contributed by atoms with E-state index in [0.29, 0.717) is 43.9 Å². The zero-order valence-corrected chi connectivity index (χ0v) is 19.9. The van der Waals surface area contributed by atoms with E-state index in [9.17, 15) is 33.3 Å². The fourth-order valence-electron chi connectivity index (χ4n) is 3.97. The van der Waals surface area contributed by atoms with Gasteiger partial charge in [0.1, 0.15) is 17.4 Å². The summed E-state index contributed by atoms with van der Waals surface area (Å²) < 4.78 is 44.2. The number of benzene rings is 3. The van der Waals surface area contributed by atoms with Gasteiger partial charge in [0, 0.05) is 37.9 Å². The molecule has 0 aromatic heterocycles. The number of nitriles is 1. The number of piperazine rings is 1. The Morgan fingerprint density at radius 2 is 1.66 bits per heavy atom. The number of carbonyl (C=O) groups is 1. The van der Waals surface area contributed by atoms with Crippen LogP contribution >= 0.6 is 0 Å². The first kappa shape index (κ1) is 26.2. The Morgan fingerprint density at radius 1 is 1.00 bits per heavy atom. The molecule has 1 saturated heterocycles. The van der Waals surface area contributed by atoms with E-state index in [-0.39, 0.29) is 23.0 Å². The second-order valence-electron chi connectivity index (χ2n) is 8.39. The third-order valence-corrected chi connectivity index (χ3v) is 5.94. The van der Waals surface area contributed by atoms with Crippen molar-refractivity contribution in [3.05, 3.63) is 99.6 Å². The van der Waals surface area contributed by atoms with Gasteiger partial charge in [-0.25, -0.2) is 0 Å². The second kappa shape index (κ2) is 11.0. The Bertz CT molecular complexity index is 1390. The lowest BCUT2D eigenvalue weighted by Gasteiger charge is -2.36. The molecule has 0 saturated carbocycles. The Morgan fingerprint density at radius 3 is 2.24 bits per heavy atom. The van der Waals surface area contributed by atoms with Gasteiger partial charge in [-0.2, -0.15) is 18.4 Å². The molecule has 1 aliphatic heterocycles. The van der Waals surface area contributed by atoms with Gasteiger partial charge in [-0.3, -0.25) is 14.9 Å². The second-order valence-corrected chi connectivity index (χ2v) is 8.39. The molecule has 8 nitrogen and oxygen atoms in total. The molecule has 38 heavy (non-hydrogen) atoms. The summed E-state index contributed by atoms with van der Waals surface area (Å²) in [4.78, 5) is 27.0. The fraction of sp³-hybridized carbons (Fsp3) is 0.185. The molecule has 0 bridgehead atoms. The molecule has 11 heteroatoms. The number of hydrogen-bond donors (Lipinski definition) is 0. The van der Waals surface area contributed by atoms with Crippen LogP contribution in [-0.2, 0) is 11.0 Å². The molecule has 0 N–H and O–H groups in total. The van der Waals surface area contributed by atoms with Gasteiger partial charge in [0.25, 0.3) is 5.91 Å². The van der Waals surface area contributed by atoms with E-state index in [0.717, 1.165) is 11.8 Å². The molecule has 1 amide bonds. The summed E-state index contributed by atoms with van der Waals surface area (Å²) in [5.41, 5.74) is -0.461. The minimum Gasteiger partial charge on any atom is -0.450 e. The fourth-order valence-corrected chi connectivity index (χ4v) is 3.97. The lowest BCUT2D eigenvalue weighted by Crippen LogP contribution is -2.49. The van der Waals surface area contributed by atoms with E-state index in [1.165, 1.54) is 30.3 Å². The summed E-state index contributed by atoms with van der Waals surface area (Å²) in [6, 6.07) is 19.7. The van der Waals surface area contributed by atoms with Crippen molar-refractivity contribution in [1.82, 2.24) is 4.90 Å². The highest BCUT2D eigenvalue weighted by atomic mass is 19.4. The summed E-state index contributed by atoms with van der Waals surface area (Å²) in [7, 11) is 0. The van der Waals surface area contributed by atoms with Crippen LogP contribution in [-0.4, -0.2) is 41.9 Å². The highest BCUT2D eigenvalue weighted by Gasteiger charge is 2.33. The minimum absolute atomic E-state index is 0.0507. The van der Waals surface area contributed by atoms with Crippen LogP contribution in [0.25, 0.3) is 6.08 Å². The van der Waals surface area contributed by atoms with Gasteiger partial charge in [-0.1, -0.05) is 30.3 Å². The van der Waals surface area contributed by atoms with Gasteiger partial charge >= 0.3 is 11.9 Å². The number of alkyl halides is 3. The number of rotatable bonds is 6. The Kier molecular flexibility index (Phi) is 7.62. The quantitative estimate of drug-likeness (QED) is 0.179. The number of nitro benzene ring substituents is 1. The molecular formula is C27H21F3N4O4. The monoisotopic (exact) mass is 522 g/mol. The first-order valence-electron chi connectivity index (χ1n) is 11.5. The first-order chi connectivity index (χ1) is 18.2. The average Bonchev–Trinajstić information content (AvgIpc) is 2.92. The molecule has 3 aromatic rings. The number of hydrogen-bond acceptors (Lipinski definition) is 6. The van der Waals surface area contributed by atoms with Crippen molar-refractivity contribution in [3.63, 3.8) is 0 Å². The van der Waals surface area contributed by atoms with Crippen LogP contribution in [0.2, 0.25) is 0 Å². The molecular weight excluding hydrogens is 501 g/mol. The van der Waals surface area contributed by atoms with E-state index in [1.807, 2.05) is 36.4 Å². The lowest BCUT2D eigenvalue weighted by molar-refractivity contribution is -0.385. The maximum atomic E-state index is 12.9. The predicted octanol–water partition coefficient (Wildman–Crippen LogP) is 5.66. The van der Waals surface area contributed by atoms with E-state index < -0.39 is 22.4 Å². The van der Waals surface area contributed by atoms with Gasteiger partial charge in [0.05, 0.1) is 10.5 Å². The van der Waals surface area contributed by atoms with Crippen LogP contribution in [0.1, 0.15) is 11.1 Å². The topological polar surface area (TPSA) is 99.7 Å². The molecule has 3 aromatic carbocycles. The summed E-state index contributed by atoms with van der Waals surface area (Å²) in [6.45, 7) is 2.20. The molecule has 1 aliphatic rings. The number of nitro groups is 1. The highest BCUT2D eigenvalue weighted by Crippen LogP contribution is 2.37. The molecule has 0 atom stereocenters. The molecule has 194 valence electrons. The van der Waals surface area contributed by atoms with Crippen molar-refractivity contribution in [1.29, 1.82) is 5.26 Å². The summed E-state index contributed by atoms with van der Waals surface area (Å²) >= 11 is 0. The van der Waals surface area contributed by atoms with Crippen molar-refractivity contribution >= 4 is 23.4 Å². The lowest BCUT2D eigenvalue weighted by atomic mass is 10.1. The molecule has 0 aliphatic carbocycles. The number of amides is 1. The number of para-hydroxylation sites is 1. The summed E-state index contributed by atoms with van der Waals surface area (Å²) in [6.07, 6.45) is -3.31. The number of ether oxygens (including phenoxy) is 1. The zero-order valence-electron chi connectivity index (χ0n) is 19.9. The third kappa shape index (κ3) is 6.10. The Labute approximate surface area is 215 Å². The van der Waals surface area contributed by atoms with Crippen molar-refractivity contribution in [3.8, 4) is 17.6 Å². The first-order valence-corrected chi connectivity index (χ1v) is 11.5.